The molecular weight excluding hydrogens is 326 g/mol. The van der Waals surface area contributed by atoms with Crippen molar-refractivity contribution in [2.75, 3.05) is 26.2 Å². The van der Waals surface area contributed by atoms with Gasteiger partial charge in [-0.15, -0.1) is 0 Å². The summed E-state index contributed by atoms with van der Waals surface area (Å²) in [5.74, 6) is 0.197. The number of halogens is 2. The monoisotopic (exact) mass is 354 g/mol. The van der Waals surface area contributed by atoms with Crippen molar-refractivity contribution in [3.8, 4) is 5.75 Å². The highest BCUT2D eigenvalue weighted by Gasteiger charge is 2.32. The number of hydrogen-bond acceptors (Lipinski definition) is 4. The Morgan fingerprint density at radius 1 is 1.12 bits per heavy atom. The van der Waals surface area contributed by atoms with E-state index >= 15 is 0 Å². The summed E-state index contributed by atoms with van der Waals surface area (Å²) in [7, 11) is 0. The van der Waals surface area contributed by atoms with Crippen LogP contribution in [0.3, 0.4) is 0 Å². The molecule has 1 heterocycles. The summed E-state index contributed by atoms with van der Waals surface area (Å²) in [4.78, 5) is 5.01. The minimum atomic E-state index is -2.78. The van der Waals surface area contributed by atoms with Gasteiger partial charge in [0.2, 0.25) is 0 Å². The Kier molecular flexibility index (Phi) is 6.62. The Hall–Kier alpha value is -1.24. The molecule has 1 saturated carbocycles. The summed E-state index contributed by atoms with van der Waals surface area (Å²) >= 11 is 0. The molecule has 0 amide bonds. The molecule has 0 unspecified atom stereocenters. The van der Waals surface area contributed by atoms with Gasteiger partial charge in [0.15, 0.2) is 0 Å². The van der Waals surface area contributed by atoms with E-state index in [1.807, 2.05) is 12.1 Å². The molecule has 140 valence electrons. The van der Waals surface area contributed by atoms with Gasteiger partial charge in [-0.05, 0) is 37.0 Å². The van der Waals surface area contributed by atoms with Crippen LogP contribution >= 0.6 is 0 Å². The lowest BCUT2D eigenvalue weighted by Gasteiger charge is -2.44. The van der Waals surface area contributed by atoms with Crippen LogP contribution in [0, 0.1) is 0 Å². The average Bonchev–Trinajstić information content (AvgIpc) is 3.11. The smallest absolute Gasteiger partial charge is 0.387 e. The lowest BCUT2D eigenvalue weighted by Crippen LogP contribution is -2.55. The molecule has 0 radical (unpaired) electrons. The number of piperazine rings is 1. The van der Waals surface area contributed by atoms with Gasteiger partial charge >= 0.3 is 6.61 Å². The van der Waals surface area contributed by atoms with Crippen LogP contribution in [0.5, 0.6) is 5.75 Å². The van der Waals surface area contributed by atoms with E-state index in [1.165, 1.54) is 25.7 Å². The number of aliphatic hydroxyl groups excluding tert-OH is 1. The van der Waals surface area contributed by atoms with Gasteiger partial charge in [0.05, 0.1) is 0 Å². The van der Waals surface area contributed by atoms with Crippen LogP contribution in [0.15, 0.2) is 24.3 Å². The molecular formula is C19H28F2N2O2. The zero-order valence-electron chi connectivity index (χ0n) is 14.6. The van der Waals surface area contributed by atoms with Crippen LogP contribution < -0.4 is 4.74 Å². The van der Waals surface area contributed by atoms with Crippen LogP contribution in [0.4, 0.5) is 8.78 Å². The first-order valence-electron chi connectivity index (χ1n) is 9.28. The molecule has 25 heavy (non-hydrogen) atoms. The number of nitrogens with zero attached hydrogens (tertiary/aromatic N) is 2. The lowest BCUT2D eigenvalue weighted by molar-refractivity contribution is -0.0498. The molecule has 1 saturated heterocycles. The highest BCUT2D eigenvalue weighted by molar-refractivity contribution is 5.27. The summed E-state index contributed by atoms with van der Waals surface area (Å²) in [6.07, 6.45) is 6.03. The van der Waals surface area contributed by atoms with Gasteiger partial charge in [-0.3, -0.25) is 9.80 Å². The fraction of sp³-hybridized carbons (Fsp3) is 0.684. The molecule has 1 N–H and O–H groups in total. The van der Waals surface area contributed by atoms with Crippen LogP contribution in [-0.4, -0.2) is 59.8 Å². The van der Waals surface area contributed by atoms with E-state index in [0.717, 1.165) is 38.2 Å². The first-order chi connectivity index (χ1) is 12.2. The van der Waals surface area contributed by atoms with Crippen molar-refractivity contribution in [2.24, 2.45) is 0 Å². The highest BCUT2D eigenvalue weighted by atomic mass is 19.3. The molecule has 0 bridgehead atoms. The second-order valence-electron chi connectivity index (χ2n) is 7.10. The molecule has 3 rings (SSSR count). The molecule has 0 spiro atoms. The molecule has 6 heteroatoms. The van der Waals surface area contributed by atoms with Crippen LogP contribution in [0.25, 0.3) is 0 Å². The summed E-state index contributed by atoms with van der Waals surface area (Å²) in [6, 6.07) is 7.99. The third kappa shape index (κ3) is 5.12. The maximum Gasteiger partial charge on any atom is 0.387 e. The van der Waals surface area contributed by atoms with Gasteiger partial charge in [0, 0.05) is 44.9 Å². The maximum atomic E-state index is 12.2. The third-order valence-corrected chi connectivity index (χ3v) is 5.42. The van der Waals surface area contributed by atoms with E-state index in [4.69, 9.17) is 0 Å². The van der Waals surface area contributed by atoms with E-state index in [0.29, 0.717) is 12.1 Å². The minimum Gasteiger partial charge on any atom is -0.435 e. The van der Waals surface area contributed by atoms with Crippen molar-refractivity contribution in [1.82, 2.24) is 9.80 Å². The molecule has 4 nitrogen and oxygen atoms in total. The molecule has 2 fully saturated rings. The van der Waals surface area contributed by atoms with Crippen molar-refractivity contribution in [1.29, 1.82) is 0 Å². The Morgan fingerprint density at radius 2 is 1.84 bits per heavy atom. The Balaban J connectivity index is 1.56. The third-order valence-electron chi connectivity index (χ3n) is 5.42. The van der Waals surface area contributed by atoms with Crippen LogP contribution in [-0.2, 0) is 6.54 Å². The van der Waals surface area contributed by atoms with E-state index in [-0.39, 0.29) is 12.4 Å². The molecule has 1 aliphatic heterocycles. The molecule has 1 aromatic carbocycles. The normalized spacial score (nSPS) is 23.4. The van der Waals surface area contributed by atoms with Gasteiger partial charge < -0.3 is 9.84 Å². The highest BCUT2D eigenvalue weighted by Crippen LogP contribution is 2.28. The maximum absolute atomic E-state index is 12.2. The first-order valence-corrected chi connectivity index (χ1v) is 9.28. The molecule has 0 aromatic heterocycles. The van der Waals surface area contributed by atoms with Crippen molar-refractivity contribution in [3.63, 3.8) is 0 Å². The Bertz CT molecular complexity index is 521. The van der Waals surface area contributed by atoms with Gasteiger partial charge in [-0.1, -0.05) is 25.0 Å². The second kappa shape index (κ2) is 8.92. The fourth-order valence-electron chi connectivity index (χ4n) is 4.23. The molecule has 1 aromatic rings. The molecule has 2 aliphatic rings. The minimum absolute atomic E-state index is 0.197. The van der Waals surface area contributed by atoms with E-state index in [9.17, 15) is 13.9 Å². The van der Waals surface area contributed by atoms with Crippen molar-refractivity contribution >= 4 is 0 Å². The van der Waals surface area contributed by atoms with Crippen LogP contribution in [0.2, 0.25) is 0 Å². The first kappa shape index (κ1) is 18.5. The van der Waals surface area contributed by atoms with Gasteiger partial charge in [-0.2, -0.15) is 8.78 Å². The van der Waals surface area contributed by atoms with Crippen molar-refractivity contribution < 1.29 is 18.6 Å². The number of ether oxygens (including phenoxy) is 1. The number of alkyl halides is 2. The molecule has 1 aliphatic carbocycles. The fourth-order valence-corrected chi connectivity index (χ4v) is 4.23. The summed E-state index contributed by atoms with van der Waals surface area (Å²) in [6.45, 7) is 1.24. The van der Waals surface area contributed by atoms with E-state index in [1.54, 1.807) is 12.1 Å². The zero-order chi connectivity index (χ0) is 17.6. The van der Waals surface area contributed by atoms with Gasteiger partial charge in [0.1, 0.15) is 5.75 Å². The van der Waals surface area contributed by atoms with E-state index in [2.05, 4.69) is 14.5 Å². The van der Waals surface area contributed by atoms with E-state index < -0.39 is 6.61 Å². The largest absolute Gasteiger partial charge is 0.435 e. The van der Waals surface area contributed by atoms with Gasteiger partial charge in [0.25, 0.3) is 0 Å². The molecule has 1 atom stereocenters. The van der Waals surface area contributed by atoms with Gasteiger partial charge in [-0.25, -0.2) is 0 Å². The average molecular weight is 354 g/mol. The van der Waals surface area contributed by atoms with Crippen LogP contribution in [0.1, 0.15) is 37.7 Å². The summed E-state index contributed by atoms with van der Waals surface area (Å²) < 4.78 is 28.8. The summed E-state index contributed by atoms with van der Waals surface area (Å²) in [5.41, 5.74) is 1.10. The lowest BCUT2D eigenvalue weighted by atomic mass is 10.0. The van der Waals surface area contributed by atoms with Crippen molar-refractivity contribution in [2.45, 2.75) is 57.3 Å². The zero-order valence-corrected chi connectivity index (χ0v) is 14.6. The number of benzene rings is 1. The predicted molar refractivity (Wildman–Crippen MR) is 92.8 cm³/mol. The number of aliphatic hydroxyl groups is 1. The second-order valence-corrected chi connectivity index (χ2v) is 7.10. The predicted octanol–water partition coefficient (Wildman–Crippen LogP) is 3.10. The Labute approximate surface area is 148 Å². The number of hydrogen-bond donors (Lipinski definition) is 1. The topological polar surface area (TPSA) is 35.9 Å². The number of rotatable bonds is 7. The quantitative estimate of drug-likeness (QED) is 0.816. The Morgan fingerprint density at radius 3 is 2.48 bits per heavy atom. The summed E-state index contributed by atoms with van der Waals surface area (Å²) in [5, 5.41) is 9.44. The SMILES string of the molecule is OCC[C@@H]1CN(Cc2ccc(OC(F)F)cc2)CCN1C1CCCC1. The standard InChI is InChI=1S/C19H28F2N2O2/c20-19(21)25-18-7-5-15(6-8-18)13-22-10-11-23(16-3-1-2-4-16)17(14-22)9-12-24/h5-8,16-17,19,24H,1-4,9-14H2/t17-/m1/s1. The van der Waals surface area contributed by atoms with Crippen molar-refractivity contribution in [3.05, 3.63) is 29.8 Å².